The molecule has 2 rings (SSSR count). The van der Waals surface area contributed by atoms with Gasteiger partial charge in [0, 0.05) is 32.3 Å². The number of hydrogen-bond acceptors (Lipinski definition) is 7. The number of carbonyl (C=O) groups is 4. The Labute approximate surface area is 150 Å². The summed E-state index contributed by atoms with van der Waals surface area (Å²) in [5.74, 6) is -2.80. The molecule has 0 spiro atoms. The SMILES string of the molecule is CO[C@@]1(N(Br)C(C)=O)C(=O)N2C(C(=O)O)=C(COC(C)=O)CS[C@@H]21. The molecule has 2 aliphatic heterocycles. The van der Waals surface area contributed by atoms with Gasteiger partial charge in [-0.15, -0.1) is 11.8 Å². The van der Waals surface area contributed by atoms with E-state index in [9.17, 15) is 24.3 Å². The van der Waals surface area contributed by atoms with Crippen LogP contribution in [0.1, 0.15) is 13.8 Å². The van der Waals surface area contributed by atoms with Gasteiger partial charge in [0.25, 0.3) is 11.6 Å². The molecule has 1 fully saturated rings. The fourth-order valence-corrected chi connectivity index (χ4v) is 4.64. The molecule has 0 aliphatic carbocycles. The molecule has 0 aromatic carbocycles. The average molecular weight is 423 g/mol. The number of esters is 1. The number of aliphatic carboxylic acids is 1. The van der Waals surface area contributed by atoms with Crippen LogP contribution in [0.3, 0.4) is 0 Å². The van der Waals surface area contributed by atoms with Crippen molar-refractivity contribution >= 4 is 51.7 Å². The second kappa shape index (κ2) is 6.73. The number of thioether (sulfide) groups is 1. The van der Waals surface area contributed by atoms with Crippen LogP contribution in [-0.2, 0) is 28.7 Å². The van der Waals surface area contributed by atoms with E-state index < -0.39 is 34.9 Å². The fraction of sp³-hybridized carbons (Fsp3) is 0.538. The third-order valence-electron chi connectivity index (χ3n) is 3.62. The second-order valence-electron chi connectivity index (χ2n) is 5.08. The normalized spacial score (nSPS) is 25.8. The summed E-state index contributed by atoms with van der Waals surface area (Å²) in [6.07, 6.45) is 0. The summed E-state index contributed by atoms with van der Waals surface area (Å²) in [5.41, 5.74) is -1.56. The summed E-state index contributed by atoms with van der Waals surface area (Å²) in [6.45, 7) is 2.24. The van der Waals surface area contributed by atoms with Gasteiger partial charge < -0.3 is 14.6 Å². The molecule has 0 radical (unpaired) electrons. The minimum atomic E-state index is -1.62. The highest BCUT2D eigenvalue weighted by Gasteiger charge is 2.69. The van der Waals surface area contributed by atoms with Gasteiger partial charge in [-0.25, -0.2) is 8.72 Å². The maximum absolute atomic E-state index is 12.7. The van der Waals surface area contributed by atoms with Gasteiger partial charge in [-0.2, -0.15) is 0 Å². The summed E-state index contributed by atoms with van der Waals surface area (Å²) >= 11 is 4.24. The maximum atomic E-state index is 12.7. The Morgan fingerprint density at radius 1 is 1.46 bits per heavy atom. The van der Waals surface area contributed by atoms with Crippen LogP contribution in [0.2, 0.25) is 0 Å². The standard InChI is InChI=1S/C13H15BrN2O7S/c1-6(17)16(14)13(22-3)11(21)15-9(10(19)20)8(4-23-7(2)18)5-24-12(13)15/h12H,4-5H2,1-3H3,(H,19,20)/t12-,13+/m1/s1. The molecule has 1 N–H and O–H groups in total. The first-order valence-corrected chi connectivity index (χ1v) is 8.50. The Hall–Kier alpha value is -1.59. The Balaban J connectivity index is 2.40. The number of rotatable bonds is 5. The molecular weight excluding hydrogens is 408 g/mol. The number of carboxylic acid groups (broad SMARTS) is 1. The van der Waals surface area contributed by atoms with Gasteiger partial charge in [-0.1, -0.05) is 0 Å². The van der Waals surface area contributed by atoms with Crippen molar-refractivity contribution in [3.8, 4) is 0 Å². The lowest BCUT2D eigenvalue weighted by Gasteiger charge is -2.57. The average Bonchev–Trinajstić information content (AvgIpc) is 2.52. The number of fused-ring (bicyclic) bond motifs is 1. The lowest BCUT2D eigenvalue weighted by atomic mass is 9.98. The number of nitrogens with zero attached hydrogens (tertiary/aromatic N) is 2. The van der Waals surface area contributed by atoms with Gasteiger partial charge in [-0.3, -0.25) is 19.3 Å². The summed E-state index contributed by atoms with van der Waals surface area (Å²) in [4.78, 5) is 47.9. The van der Waals surface area contributed by atoms with Crippen LogP contribution in [0, 0.1) is 0 Å². The molecule has 0 aromatic rings. The van der Waals surface area contributed by atoms with Crippen molar-refractivity contribution < 1.29 is 33.8 Å². The van der Waals surface area contributed by atoms with Crippen molar-refractivity contribution in [2.45, 2.75) is 24.9 Å². The van der Waals surface area contributed by atoms with Gasteiger partial charge in [0.15, 0.2) is 0 Å². The predicted octanol–water partition coefficient (Wildman–Crippen LogP) is 0.304. The summed E-state index contributed by atoms with van der Waals surface area (Å²) in [7, 11) is 1.27. The van der Waals surface area contributed by atoms with E-state index in [2.05, 4.69) is 16.1 Å². The van der Waals surface area contributed by atoms with Crippen molar-refractivity contribution in [3.05, 3.63) is 11.3 Å². The first-order valence-electron chi connectivity index (χ1n) is 6.74. The first-order chi connectivity index (χ1) is 11.2. The molecule has 11 heteroatoms. The number of methoxy groups -OCH3 is 1. The number of carbonyl (C=O) groups excluding carboxylic acids is 3. The molecule has 0 unspecified atom stereocenters. The molecule has 9 nitrogen and oxygen atoms in total. The van der Waals surface area contributed by atoms with Crippen LogP contribution in [-0.4, -0.2) is 68.3 Å². The zero-order chi connectivity index (χ0) is 18.2. The summed E-state index contributed by atoms with van der Waals surface area (Å²) in [5, 5.41) is 8.74. The maximum Gasteiger partial charge on any atom is 0.352 e. The first kappa shape index (κ1) is 18.7. The zero-order valence-corrected chi connectivity index (χ0v) is 15.5. The largest absolute Gasteiger partial charge is 0.477 e. The van der Waals surface area contributed by atoms with Crippen molar-refractivity contribution in [3.63, 3.8) is 0 Å². The number of hydrogen-bond donors (Lipinski definition) is 1. The highest BCUT2D eigenvalue weighted by molar-refractivity contribution is 9.07. The molecule has 0 saturated carbocycles. The number of halogens is 1. The van der Waals surface area contributed by atoms with E-state index in [1.54, 1.807) is 0 Å². The number of ether oxygens (including phenoxy) is 2. The van der Waals surface area contributed by atoms with Gasteiger partial charge in [0.05, 0.1) is 16.1 Å². The predicted molar refractivity (Wildman–Crippen MR) is 85.6 cm³/mol. The van der Waals surface area contributed by atoms with E-state index in [4.69, 9.17) is 9.47 Å². The minimum absolute atomic E-state index is 0.215. The Kier molecular flexibility index (Phi) is 5.25. The van der Waals surface area contributed by atoms with E-state index in [1.165, 1.54) is 32.7 Å². The number of β-lactam (4-membered cyclic amide) rings is 1. The third kappa shape index (κ3) is 2.70. The monoisotopic (exact) mass is 422 g/mol. The van der Waals surface area contributed by atoms with Gasteiger partial charge in [0.2, 0.25) is 5.91 Å². The van der Waals surface area contributed by atoms with E-state index >= 15 is 0 Å². The van der Waals surface area contributed by atoms with Crippen molar-refractivity contribution in [2.75, 3.05) is 19.5 Å². The number of amides is 2. The Bertz CT molecular complexity index is 652. The fourth-order valence-electron chi connectivity index (χ4n) is 2.55. The summed E-state index contributed by atoms with van der Waals surface area (Å²) in [6, 6.07) is 0. The lowest BCUT2D eigenvalue weighted by molar-refractivity contribution is -0.206. The molecular formula is C13H15BrN2O7S. The minimum Gasteiger partial charge on any atom is -0.477 e. The van der Waals surface area contributed by atoms with Crippen LogP contribution in [0.15, 0.2) is 11.3 Å². The third-order valence-corrected chi connectivity index (χ3v) is 6.00. The van der Waals surface area contributed by atoms with Crippen LogP contribution in [0.4, 0.5) is 0 Å². The molecule has 2 amide bonds. The van der Waals surface area contributed by atoms with E-state index in [0.29, 0.717) is 5.57 Å². The van der Waals surface area contributed by atoms with Crippen LogP contribution >= 0.6 is 27.9 Å². The highest BCUT2D eigenvalue weighted by atomic mass is 79.9. The Morgan fingerprint density at radius 3 is 2.54 bits per heavy atom. The molecule has 1 saturated heterocycles. The van der Waals surface area contributed by atoms with Crippen molar-refractivity contribution in [1.29, 1.82) is 0 Å². The topological polar surface area (TPSA) is 113 Å². The molecule has 2 heterocycles. The smallest absolute Gasteiger partial charge is 0.352 e. The van der Waals surface area contributed by atoms with Crippen LogP contribution < -0.4 is 0 Å². The van der Waals surface area contributed by atoms with E-state index in [1.807, 2.05) is 0 Å². The van der Waals surface area contributed by atoms with E-state index in [0.717, 1.165) is 8.83 Å². The number of carboxylic acids is 1. The molecule has 24 heavy (non-hydrogen) atoms. The van der Waals surface area contributed by atoms with Gasteiger partial charge in [0.1, 0.15) is 17.7 Å². The molecule has 0 aromatic heterocycles. The quantitative estimate of drug-likeness (QED) is 0.291. The van der Waals surface area contributed by atoms with E-state index in [-0.39, 0.29) is 18.1 Å². The van der Waals surface area contributed by atoms with Crippen molar-refractivity contribution in [2.24, 2.45) is 0 Å². The van der Waals surface area contributed by atoms with Crippen LogP contribution in [0.25, 0.3) is 0 Å². The zero-order valence-electron chi connectivity index (χ0n) is 13.1. The van der Waals surface area contributed by atoms with Crippen molar-refractivity contribution in [1.82, 2.24) is 8.83 Å². The Morgan fingerprint density at radius 2 is 2.08 bits per heavy atom. The second-order valence-corrected chi connectivity index (χ2v) is 6.85. The molecule has 0 bridgehead atoms. The molecule has 2 aliphatic rings. The lowest BCUT2D eigenvalue weighted by Crippen LogP contribution is -2.79. The molecule has 132 valence electrons. The van der Waals surface area contributed by atoms with Crippen LogP contribution in [0.5, 0.6) is 0 Å². The molecule has 2 atom stereocenters. The summed E-state index contributed by atoms with van der Waals surface area (Å²) < 4.78 is 11.1. The van der Waals surface area contributed by atoms with Gasteiger partial charge in [-0.05, 0) is 0 Å². The highest BCUT2D eigenvalue weighted by Crippen LogP contribution is 2.50. The van der Waals surface area contributed by atoms with Gasteiger partial charge >= 0.3 is 11.9 Å².